The molecule has 1 aromatic carbocycles. The standard InChI is InChI=1S/C14H19BrN2O/c1-9-10(5-4-6-11(9)15)14(18)17-13-8-3-2-7-12(13)16/h4-6,12-13H,2-3,7-8,16H2,1H3,(H,17,18)/t12-,13-/m1/s1. The Labute approximate surface area is 116 Å². The van der Waals surface area contributed by atoms with Crippen molar-refractivity contribution in [1.82, 2.24) is 5.32 Å². The van der Waals surface area contributed by atoms with Crippen molar-refractivity contribution in [3.63, 3.8) is 0 Å². The molecule has 1 aliphatic rings. The van der Waals surface area contributed by atoms with Gasteiger partial charge in [-0.25, -0.2) is 0 Å². The normalized spacial score (nSPS) is 23.7. The van der Waals surface area contributed by atoms with Gasteiger partial charge >= 0.3 is 0 Å². The summed E-state index contributed by atoms with van der Waals surface area (Å²) < 4.78 is 0.961. The molecule has 1 aliphatic carbocycles. The first-order valence-corrected chi connectivity index (χ1v) is 7.20. The van der Waals surface area contributed by atoms with Crippen LogP contribution < -0.4 is 11.1 Å². The van der Waals surface area contributed by atoms with Gasteiger partial charge < -0.3 is 11.1 Å². The topological polar surface area (TPSA) is 55.1 Å². The molecule has 4 heteroatoms. The second-order valence-corrected chi connectivity index (χ2v) is 5.79. The maximum absolute atomic E-state index is 12.2. The van der Waals surface area contributed by atoms with Gasteiger partial charge in [-0.2, -0.15) is 0 Å². The minimum atomic E-state index is -0.0175. The molecule has 0 bridgehead atoms. The Morgan fingerprint density at radius 2 is 2.11 bits per heavy atom. The number of nitrogens with two attached hydrogens (primary N) is 1. The Bertz CT molecular complexity index is 447. The molecule has 0 heterocycles. The molecule has 0 saturated heterocycles. The lowest BCUT2D eigenvalue weighted by Gasteiger charge is -2.29. The summed E-state index contributed by atoms with van der Waals surface area (Å²) in [5.41, 5.74) is 7.75. The third kappa shape index (κ3) is 2.93. The summed E-state index contributed by atoms with van der Waals surface area (Å²) >= 11 is 3.45. The van der Waals surface area contributed by atoms with Crippen molar-refractivity contribution < 1.29 is 4.79 Å². The van der Waals surface area contributed by atoms with Crippen LogP contribution in [0.3, 0.4) is 0 Å². The van der Waals surface area contributed by atoms with Crippen molar-refractivity contribution in [2.75, 3.05) is 0 Å². The first-order valence-electron chi connectivity index (χ1n) is 6.41. The van der Waals surface area contributed by atoms with Crippen LogP contribution in [0.1, 0.15) is 41.6 Å². The molecule has 1 aromatic rings. The predicted octanol–water partition coefficient (Wildman–Crippen LogP) is 2.76. The SMILES string of the molecule is Cc1c(Br)cccc1C(=O)N[C@@H]1CCCC[C@H]1N. The van der Waals surface area contributed by atoms with E-state index >= 15 is 0 Å². The summed E-state index contributed by atoms with van der Waals surface area (Å²) in [4.78, 5) is 12.2. The Morgan fingerprint density at radius 1 is 1.39 bits per heavy atom. The molecule has 2 rings (SSSR count). The van der Waals surface area contributed by atoms with Crippen molar-refractivity contribution in [2.24, 2.45) is 5.73 Å². The molecule has 1 saturated carbocycles. The van der Waals surface area contributed by atoms with Crippen LogP contribution in [0.25, 0.3) is 0 Å². The van der Waals surface area contributed by atoms with Crippen molar-refractivity contribution in [3.8, 4) is 0 Å². The van der Waals surface area contributed by atoms with Crippen molar-refractivity contribution in [1.29, 1.82) is 0 Å². The van der Waals surface area contributed by atoms with Gasteiger partial charge in [-0.1, -0.05) is 34.8 Å². The Morgan fingerprint density at radius 3 is 2.83 bits per heavy atom. The number of amides is 1. The fraction of sp³-hybridized carbons (Fsp3) is 0.500. The van der Waals surface area contributed by atoms with Crippen LogP contribution in [-0.2, 0) is 0 Å². The summed E-state index contributed by atoms with van der Waals surface area (Å²) in [5.74, 6) is -0.0175. The Hall–Kier alpha value is -0.870. The average Bonchev–Trinajstić information content (AvgIpc) is 2.35. The van der Waals surface area contributed by atoms with Gasteiger partial charge in [0, 0.05) is 22.1 Å². The van der Waals surface area contributed by atoms with E-state index in [1.54, 1.807) is 0 Å². The number of halogens is 1. The van der Waals surface area contributed by atoms with E-state index in [4.69, 9.17) is 5.73 Å². The number of carbonyl (C=O) groups is 1. The van der Waals surface area contributed by atoms with E-state index in [0.29, 0.717) is 0 Å². The summed E-state index contributed by atoms with van der Waals surface area (Å²) in [6.07, 6.45) is 4.31. The first-order chi connectivity index (χ1) is 8.59. The van der Waals surface area contributed by atoms with Crippen LogP contribution in [-0.4, -0.2) is 18.0 Å². The molecule has 1 fully saturated rings. The van der Waals surface area contributed by atoms with Gasteiger partial charge in [-0.05, 0) is 37.5 Å². The highest BCUT2D eigenvalue weighted by Crippen LogP contribution is 2.21. The van der Waals surface area contributed by atoms with Crippen LogP contribution in [0.4, 0.5) is 0 Å². The Balaban J connectivity index is 2.09. The van der Waals surface area contributed by atoms with Gasteiger partial charge in [0.25, 0.3) is 5.91 Å². The highest BCUT2D eigenvalue weighted by Gasteiger charge is 2.24. The lowest BCUT2D eigenvalue weighted by atomic mass is 9.90. The smallest absolute Gasteiger partial charge is 0.251 e. The summed E-state index contributed by atoms with van der Waals surface area (Å²) in [5, 5.41) is 3.07. The van der Waals surface area contributed by atoms with E-state index in [1.807, 2.05) is 25.1 Å². The number of hydrogen-bond acceptors (Lipinski definition) is 2. The van der Waals surface area contributed by atoms with E-state index in [9.17, 15) is 4.79 Å². The molecule has 0 radical (unpaired) electrons. The zero-order valence-corrected chi connectivity index (χ0v) is 12.2. The van der Waals surface area contributed by atoms with Crippen LogP contribution in [0, 0.1) is 6.92 Å². The highest BCUT2D eigenvalue weighted by molar-refractivity contribution is 9.10. The van der Waals surface area contributed by atoms with Gasteiger partial charge in [0.2, 0.25) is 0 Å². The van der Waals surface area contributed by atoms with Gasteiger partial charge in [0.15, 0.2) is 0 Å². The second-order valence-electron chi connectivity index (χ2n) is 4.94. The first kappa shape index (κ1) is 13.6. The molecule has 0 aliphatic heterocycles. The molecule has 3 nitrogen and oxygen atoms in total. The number of benzene rings is 1. The molecule has 98 valence electrons. The third-order valence-electron chi connectivity index (χ3n) is 3.65. The molecular formula is C14H19BrN2O. The molecule has 2 atom stereocenters. The number of rotatable bonds is 2. The fourth-order valence-corrected chi connectivity index (χ4v) is 2.80. The predicted molar refractivity (Wildman–Crippen MR) is 76.6 cm³/mol. The number of carbonyl (C=O) groups excluding carboxylic acids is 1. The summed E-state index contributed by atoms with van der Waals surface area (Å²) in [7, 11) is 0. The summed E-state index contributed by atoms with van der Waals surface area (Å²) in [6.45, 7) is 1.94. The van der Waals surface area contributed by atoms with Crippen molar-refractivity contribution >= 4 is 21.8 Å². The molecule has 1 amide bonds. The zero-order chi connectivity index (χ0) is 13.1. The maximum atomic E-state index is 12.2. The van der Waals surface area contributed by atoms with Gasteiger partial charge in [0.05, 0.1) is 0 Å². The maximum Gasteiger partial charge on any atom is 0.251 e. The monoisotopic (exact) mass is 310 g/mol. The molecule has 3 N–H and O–H groups in total. The van der Waals surface area contributed by atoms with E-state index in [1.165, 1.54) is 6.42 Å². The third-order valence-corrected chi connectivity index (χ3v) is 4.51. The fourth-order valence-electron chi connectivity index (χ4n) is 2.44. The number of hydrogen-bond donors (Lipinski definition) is 2. The minimum Gasteiger partial charge on any atom is -0.348 e. The second kappa shape index (κ2) is 5.85. The minimum absolute atomic E-state index is 0.0175. The average molecular weight is 311 g/mol. The lowest BCUT2D eigenvalue weighted by Crippen LogP contribution is -2.49. The quantitative estimate of drug-likeness (QED) is 0.882. The van der Waals surface area contributed by atoms with Crippen LogP contribution >= 0.6 is 15.9 Å². The van der Waals surface area contributed by atoms with Crippen LogP contribution in [0.15, 0.2) is 22.7 Å². The molecular weight excluding hydrogens is 292 g/mol. The van der Waals surface area contributed by atoms with Gasteiger partial charge in [-0.3, -0.25) is 4.79 Å². The van der Waals surface area contributed by atoms with E-state index in [0.717, 1.165) is 34.9 Å². The van der Waals surface area contributed by atoms with E-state index in [-0.39, 0.29) is 18.0 Å². The molecule has 18 heavy (non-hydrogen) atoms. The molecule has 0 aromatic heterocycles. The van der Waals surface area contributed by atoms with Crippen LogP contribution in [0.2, 0.25) is 0 Å². The van der Waals surface area contributed by atoms with Crippen molar-refractivity contribution in [2.45, 2.75) is 44.7 Å². The molecule has 0 unspecified atom stereocenters. The lowest BCUT2D eigenvalue weighted by molar-refractivity contribution is 0.0920. The largest absolute Gasteiger partial charge is 0.348 e. The van der Waals surface area contributed by atoms with Gasteiger partial charge in [-0.15, -0.1) is 0 Å². The highest BCUT2D eigenvalue weighted by atomic mass is 79.9. The summed E-state index contributed by atoms with van der Waals surface area (Å²) in [6, 6.07) is 5.88. The Kier molecular flexibility index (Phi) is 4.40. The van der Waals surface area contributed by atoms with Crippen molar-refractivity contribution in [3.05, 3.63) is 33.8 Å². The molecule has 0 spiro atoms. The number of nitrogens with one attached hydrogen (secondary N) is 1. The van der Waals surface area contributed by atoms with E-state index in [2.05, 4.69) is 21.2 Å². The zero-order valence-electron chi connectivity index (χ0n) is 10.6. The van der Waals surface area contributed by atoms with E-state index < -0.39 is 0 Å². The van der Waals surface area contributed by atoms with Gasteiger partial charge in [0.1, 0.15) is 0 Å². The van der Waals surface area contributed by atoms with Crippen LogP contribution in [0.5, 0.6) is 0 Å².